The highest BCUT2D eigenvalue weighted by Gasteiger charge is 2.03. The second kappa shape index (κ2) is 6.22. The molecular formula is C19H17N2O+. The van der Waals surface area contributed by atoms with E-state index in [0.717, 1.165) is 5.56 Å². The highest BCUT2D eigenvalue weighted by atomic mass is 16.1. The first-order valence-corrected chi connectivity index (χ1v) is 7.16. The smallest absolute Gasteiger partial charge is 0.283 e. The van der Waals surface area contributed by atoms with Crippen molar-refractivity contribution in [2.75, 3.05) is 0 Å². The maximum atomic E-state index is 10.9. The molecule has 108 valence electrons. The van der Waals surface area contributed by atoms with Crippen LogP contribution in [-0.2, 0) is 11.3 Å². The summed E-state index contributed by atoms with van der Waals surface area (Å²) >= 11 is 0. The van der Waals surface area contributed by atoms with Gasteiger partial charge in [-0.05, 0) is 21.9 Å². The van der Waals surface area contributed by atoms with Crippen LogP contribution in [0.15, 0.2) is 67.0 Å². The van der Waals surface area contributed by atoms with Gasteiger partial charge in [0.25, 0.3) is 5.91 Å². The van der Waals surface area contributed by atoms with Gasteiger partial charge in [0, 0.05) is 12.1 Å². The van der Waals surface area contributed by atoms with Gasteiger partial charge < -0.3 is 5.73 Å². The first-order chi connectivity index (χ1) is 10.7. The molecule has 0 radical (unpaired) electrons. The lowest BCUT2D eigenvalue weighted by atomic mass is 10.0. The molecule has 1 aromatic heterocycles. The number of nitrogens with two attached hydrogens (primary N) is 1. The number of fused-ring (bicyclic) bond motifs is 1. The van der Waals surface area contributed by atoms with E-state index < -0.39 is 0 Å². The van der Waals surface area contributed by atoms with Crippen molar-refractivity contribution in [2.45, 2.75) is 6.54 Å². The van der Waals surface area contributed by atoms with Crippen LogP contribution in [0.5, 0.6) is 0 Å². The normalized spacial score (nSPS) is 11.1. The average Bonchev–Trinajstić information content (AvgIpc) is 2.54. The van der Waals surface area contributed by atoms with Crippen LogP contribution in [-0.4, -0.2) is 5.91 Å². The van der Waals surface area contributed by atoms with Crippen LogP contribution in [0.1, 0.15) is 11.1 Å². The van der Waals surface area contributed by atoms with E-state index in [4.69, 9.17) is 5.73 Å². The number of hydrogen-bond acceptors (Lipinski definition) is 1. The fraction of sp³-hybridized carbons (Fsp3) is 0.0526. The van der Waals surface area contributed by atoms with Crippen LogP contribution in [0.4, 0.5) is 0 Å². The fourth-order valence-corrected chi connectivity index (χ4v) is 2.45. The monoisotopic (exact) mass is 289 g/mol. The Morgan fingerprint density at radius 2 is 1.68 bits per heavy atom. The minimum Gasteiger partial charge on any atom is -0.364 e. The minimum absolute atomic E-state index is 0.202. The number of rotatable bonds is 4. The number of benzene rings is 2. The van der Waals surface area contributed by atoms with E-state index in [-0.39, 0.29) is 12.5 Å². The molecule has 2 aromatic carbocycles. The molecule has 0 spiro atoms. The molecule has 0 saturated heterocycles. The molecule has 0 aliphatic carbocycles. The van der Waals surface area contributed by atoms with Crippen LogP contribution >= 0.6 is 0 Å². The third-order valence-corrected chi connectivity index (χ3v) is 3.53. The van der Waals surface area contributed by atoms with Gasteiger partial charge in [-0.3, -0.25) is 4.79 Å². The molecule has 3 rings (SSSR count). The van der Waals surface area contributed by atoms with Crippen LogP contribution in [0, 0.1) is 0 Å². The van der Waals surface area contributed by atoms with Gasteiger partial charge in [-0.25, -0.2) is 0 Å². The zero-order valence-corrected chi connectivity index (χ0v) is 12.1. The van der Waals surface area contributed by atoms with Crippen LogP contribution in [0.2, 0.25) is 0 Å². The lowest BCUT2D eigenvalue weighted by Gasteiger charge is -2.01. The Balaban J connectivity index is 1.85. The van der Waals surface area contributed by atoms with Crippen molar-refractivity contribution < 1.29 is 9.36 Å². The van der Waals surface area contributed by atoms with Crippen LogP contribution in [0.3, 0.4) is 0 Å². The van der Waals surface area contributed by atoms with E-state index >= 15 is 0 Å². The quantitative estimate of drug-likeness (QED) is 0.738. The van der Waals surface area contributed by atoms with E-state index in [1.807, 2.05) is 30.6 Å². The minimum atomic E-state index is -0.343. The number of pyridine rings is 1. The molecule has 0 aliphatic heterocycles. The summed E-state index contributed by atoms with van der Waals surface area (Å²) in [5.41, 5.74) is 7.44. The summed E-state index contributed by atoms with van der Waals surface area (Å²) in [5.74, 6) is -0.343. The van der Waals surface area contributed by atoms with E-state index in [1.165, 1.54) is 16.3 Å². The molecule has 0 unspecified atom stereocenters. The van der Waals surface area contributed by atoms with Crippen molar-refractivity contribution in [1.82, 2.24) is 0 Å². The zero-order chi connectivity index (χ0) is 15.4. The van der Waals surface area contributed by atoms with Crippen molar-refractivity contribution in [3.05, 3.63) is 78.1 Å². The van der Waals surface area contributed by atoms with Gasteiger partial charge >= 0.3 is 0 Å². The fourth-order valence-electron chi connectivity index (χ4n) is 2.45. The summed E-state index contributed by atoms with van der Waals surface area (Å²) in [6.07, 6.45) is 7.88. The highest BCUT2D eigenvalue weighted by Crippen LogP contribution is 2.20. The predicted molar refractivity (Wildman–Crippen MR) is 88.7 cm³/mol. The number of hydrogen-bond donors (Lipinski definition) is 1. The summed E-state index contributed by atoms with van der Waals surface area (Å²) < 4.78 is 1.76. The molecule has 3 heteroatoms. The zero-order valence-electron chi connectivity index (χ0n) is 12.1. The van der Waals surface area contributed by atoms with Gasteiger partial charge in [0.2, 0.25) is 6.54 Å². The highest BCUT2D eigenvalue weighted by molar-refractivity contribution is 5.92. The standard InChI is InChI=1S/C19H16N2O/c20-19(22)14-21-12-10-15(11-13-21)8-9-17-6-3-5-16-4-1-2-7-18(16)17/h1-13H,14H2,(H-,20,22)/p+1/b9-8+. The molecule has 0 saturated carbocycles. The molecule has 3 aromatic rings. The largest absolute Gasteiger partial charge is 0.364 e. The maximum absolute atomic E-state index is 10.9. The molecule has 22 heavy (non-hydrogen) atoms. The Morgan fingerprint density at radius 1 is 0.955 bits per heavy atom. The van der Waals surface area contributed by atoms with Crippen molar-refractivity contribution in [3.8, 4) is 0 Å². The molecule has 2 N–H and O–H groups in total. The first kappa shape index (κ1) is 14.0. The summed E-state index contributed by atoms with van der Waals surface area (Å²) in [6, 6.07) is 18.5. The molecule has 0 bridgehead atoms. The number of carbonyl (C=O) groups is 1. The molecule has 0 atom stereocenters. The topological polar surface area (TPSA) is 47.0 Å². The Morgan fingerprint density at radius 3 is 2.45 bits per heavy atom. The van der Waals surface area contributed by atoms with Gasteiger partial charge in [-0.15, -0.1) is 0 Å². The van der Waals surface area contributed by atoms with Gasteiger partial charge in [-0.2, -0.15) is 4.57 Å². The molecule has 0 aliphatic rings. The van der Waals surface area contributed by atoms with Gasteiger partial charge in [0.15, 0.2) is 12.4 Å². The lowest BCUT2D eigenvalue weighted by molar-refractivity contribution is -0.684. The summed E-state index contributed by atoms with van der Waals surface area (Å²) in [7, 11) is 0. The van der Waals surface area contributed by atoms with Crippen molar-refractivity contribution >= 4 is 28.8 Å². The average molecular weight is 289 g/mol. The van der Waals surface area contributed by atoms with Gasteiger partial charge in [0.1, 0.15) is 0 Å². The Labute approximate surface area is 129 Å². The molecule has 3 nitrogen and oxygen atoms in total. The number of amides is 1. The number of carbonyl (C=O) groups excluding carboxylic acids is 1. The second-order valence-electron chi connectivity index (χ2n) is 5.17. The number of aromatic nitrogens is 1. The molecule has 1 amide bonds. The van der Waals surface area contributed by atoms with E-state index in [0.29, 0.717) is 0 Å². The van der Waals surface area contributed by atoms with Gasteiger partial charge in [-0.1, -0.05) is 54.6 Å². The van der Waals surface area contributed by atoms with Crippen molar-refractivity contribution in [1.29, 1.82) is 0 Å². The third kappa shape index (κ3) is 3.20. The maximum Gasteiger partial charge on any atom is 0.283 e. The van der Waals surface area contributed by atoms with E-state index in [9.17, 15) is 4.79 Å². The summed E-state index contributed by atoms with van der Waals surface area (Å²) in [4.78, 5) is 10.9. The van der Waals surface area contributed by atoms with Crippen molar-refractivity contribution in [2.24, 2.45) is 5.73 Å². The summed E-state index contributed by atoms with van der Waals surface area (Å²) in [5, 5.41) is 2.47. The number of primary amides is 1. The molecule has 1 heterocycles. The molecule has 0 fully saturated rings. The second-order valence-corrected chi connectivity index (χ2v) is 5.17. The SMILES string of the molecule is NC(=O)C[n+]1ccc(/C=C/c2cccc3ccccc23)cc1. The third-order valence-electron chi connectivity index (χ3n) is 3.53. The summed E-state index contributed by atoms with van der Waals surface area (Å²) in [6.45, 7) is 0.202. The van der Waals surface area contributed by atoms with E-state index in [1.54, 1.807) is 4.57 Å². The predicted octanol–water partition coefficient (Wildman–Crippen LogP) is 2.78. The Hall–Kier alpha value is -2.94. The first-order valence-electron chi connectivity index (χ1n) is 7.16. The lowest BCUT2D eigenvalue weighted by Crippen LogP contribution is -2.39. The van der Waals surface area contributed by atoms with Crippen LogP contribution < -0.4 is 10.3 Å². The van der Waals surface area contributed by atoms with E-state index in [2.05, 4.69) is 48.6 Å². The molecular weight excluding hydrogens is 272 g/mol. The number of nitrogens with zero attached hydrogens (tertiary/aromatic N) is 1. The van der Waals surface area contributed by atoms with Crippen LogP contribution in [0.25, 0.3) is 22.9 Å². The Kier molecular flexibility index (Phi) is 3.97. The Bertz CT molecular complexity index is 830. The van der Waals surface area contributed by atoms with Gasteiger partial charge in [0.05, 0.1) is 0 Å². The van der Waals surface area contributed by atoms with Crippen molar-refractivity contribution in [3.63, 3.8) is 0 Å².